The molecule has 0 aromatic carbocycles. The molecule has 6 heteroatoms. The fourth-order valence-corrected chi connectivity index (χ4v) is 4.94. The van der Waals surface area contributed by atoms with Crippen LogP contribution >= 0.6 is 12.4 Å². The Labute approximate surface area is 110 Å². The molecule has 2 fully saturated rings. The highest BCUT2D eigenvalue weighted by molar-refractivity contribution is 7.87. The number of nitrogens with one attached hydrogen (secondary N) is 1. The lowest BCUT2D eigenvalue weighted by Crippen LogP contribution is -2.42. The molecule has 1 atom stereocenters. The Bertz CT molecular complexity index is 339. The van der Waals surface area contributed by atoms with Gasteiger partial charge in [0.05, 0.1) is 6.61 Å². The smallest absolute Gasteiger partial charge is 0.272 e. The molecule has 17 heavy (non-hydrogen) atoms. The Kier molecular flexibility index (Phi) is 5.25. The second-order valence-corrected chi connectivity index (χ2v) is 6.73. The Hall–Kier alpha value is 0.160. The molecule has 102 valence electrons. The van der Waals surface area contributed by atoms with Gasteiger partial charge >= 0.3 is 0 Å². The normalized spacial score (nSPS) is 27.9. The minimum absolute atomic E-state index is 0. The van der Waals surface area contributed by atoms with Crippen LogP contribution in [-0.4, -0.2) is 33.4 Å². The maximum atomic E-state index is 12.0. The first-order valence-corrected chi connectivity index (χ1v) is 7.67. The fraction of sp³-hybridized carbons (Fsp3) is 1.00. The maximum Gasteiger partial charge on any atom is 0.272 e. The third-order valence-electron chi connectivity index (χ3n) is 3.97. The van der Waals surface area contributed by atoms with Gasteiger partial charge in [0.1, 0.15) is 5.25 Å². The molecule has 1 heterocycles. The predicted octanol–water partition coefficient (Wildman–Crippen LogP) is 1.70. The third-order valence-corrected chi connectivity index (χ3v) is 5.90. The van der Waals surface area contributed by atoms with Crippen molar-refractivity contribution in [3.05, 3.63) is 0 Å². The molecule has 0 radical (unpaired) electrons. The lowest BCUT2D eigenvalue weighted by Gasteiger charge is -2.37. The summed E-state index contributed by atoms with van der Waals surface area (Å²) in [7, 11) is -3.38. The molecule has 1 aliphatic heterocycles. The van der Waals surface area contributed by atoms with Gasteiger partial charge in [-0.05, 0) is 19.8 Å². The zero-order chi connectivity index (χ0) is 11.6. The van der Waals surface area contributed by atoms with E-state index in [-0.39, 0.29) is 29.7 Å². The van der Waals surface area contributed by atoms with Crippen molar-refractivity contribution in [1.82, 2.24) is 5.32 Å². The summed E-state index contributed by atoms with van der Waals surface area (Å²) in [6, 6.07) is 0. The van der Waals surface area contributed by atoms with Gasteiger partial charge in [-0.15, -0.1) is 12.4 Å². The molecule has 1 N–H and O–H groups in total. The van der Waals surface area contributed by atoms with Crippen LogP contribution < -0.4 is 5.32 Å². The molecule has 1 unspecified atom stereocenters. The van der Waals surface area contributed by atoms with E-state index in [4.69, 9.17) is 4.18 Å². The van der Waals surface area contributed by atoms with Crippen LogP contribution in [0.4, 0.5) is 0 Å². The first-order chi connectivity index (χ1) is 7.61. The lowest BCUT2D eigenvalue weighted by atomic mass is 9.73. The lowest BCUT2D eigenvalue weighted by molar-refractivity contribution is 0.206. The van der Waals surface area contributed by atoms with E-state index in [9.17, 15) is 8.42 Å². The Balaban J connectivity index is 0.00000144. The zero-order valence-electron chi connectivity index (χ0n) is 10.3. The van der Waals surface area contributed by atoms with Crippen LogP contribution in [0.15, 0.2) is 0 Å². The van der Waals surface area contributed by atoms with Crippen molar-refractivity contribution in [2.24, 2.45) is 5.41 Å². The highest BCUT2D eigenvalue weighted by atomic mass is 35.5. The van der Waals surface area contributed by atoms with E-state index < -0.39 is 10.1 Å². The molecular formula is C11H22ClNO3S. The second-order valence-electron chi connectivity index (χ2n) is 4.94. The molecule has 1 spiro atoms. The van der Waals surface area contributed by atoms with Crippen LogP contribution in [0.5, 0.6) is 0 Å². The molecule has 0 bridgehead atoms. The minimum atomic E-state index is -3.38. The van der Waals surface area contributed by atoms with E-state index in [1.54, 1.807) is 6.92 Å². The van der Waals surface area contributed by atoms with Crippen LogP contribution in [0.2, 0.25) is 0 Å². The Morgan fingerprint density at radius 2 is 1.94 bits per heavy atom. The molecule has 1 saturated carbocycles. The van der Waals surface area contributed by atoms with Crippen molar-refractivity contribution in [3.63, 3.8) is 0 Å². The van der Waals surface area contributed by atoms with Crippen LogP contribution in [0.3, 0.4) is 0 Å². The van der Waals surface area contributed by atoms with Gasteiger partial charge in [-0.2, -0.15) is 8.42 Å². The van der Waals surface area contributed by atoms with Gasteiger partial charge in [-0.3, -0.25) is 4.18 Å². The average Bonchev–Trinajstić information content (AvgIpc) is 2.63. The van der Waals surface area contributed by atoms with Crippen molar-refractivity contribution in [3.8, 4) is 0 Å². The standard InChI is InChI=1S/C11H21NO3S.ClH/c1-2-15-16(13,14)10-8-12-9-11(10)6-4-3-5-7-11;/h10,12H,2-9H2,1H3;1H. The number of hydrogen-bond donors (Lipinski definition) is 1. The van der Waals surface area contributed by atoms with Gasteiger partial charge in [-0.1, -0.05) is 19.3 Å². The van der Waals surface area contributed by atoms with Crippen molar-refractivity contribution in [1.29, 1.82) is 0 Å². The molecule has 0 amide bonds. The van der Waals surface area contributed by atoms with E-state index in [0.29, 0.717) is 6.54 Å². The minimum Gasteiger partial charge on any atom is -0.315 e. The summed E-state index contributed by atoms with van der Waals surface area (Å²) in [5, 5.41) is 2.91. The topological polar surface area (TPSA) is 55.4 Å². The van der Waals surface area contributed by atoms with Crippen molar-refractivity contribution in [2.75, 3.05) is 19.7 Å². The van der Waals surface area contributed by atoms with Crippen LogP contribution in [0, 0.1) is 5.41 Å². The van der Waals surface area contributed by atoms with E-state index in [2.05, 4.69) is 5.32 Å². The number of halogens is 1. The molecule has 2 aliphatic rings. The zero-order valence-corrected chi connectivity index (χ0v) is 11.9. The van der Waals surface area contributed by atoms with Crippen molar-refractivity contribution < 1.29 is 12.6 Å². The summed E-state index contributed by atoms with van der Waals surface area (Å²) >= 11 is 0. The van der Waals surface area contributed by atoms with Gasteiger partial charge in [0.25, 0.3) is 10.1 Å². The molecule has 1 saturated heterocycles. The molecule has 0 aromatic heterocycles. The van der Waals surface area contributed by atoms with Crippen LogP contribution in [0.25, 0.3) is 0 Å². The summed E-state index contributed by atoms with van der Waals surface area (Å²) in [6.45, 7) is 3.37. The largest absolute Gasteiger partial charge is 0.315 e. The monoisotopic (exact) mass is 283 g/mol. The third kappa shape index (κ3) is 2.95. The predicted molar refractivity (Wildman–Crippen MR) is 70.0 cm³/mol. The van der Waals surface area contributed by atoms with Crippen LogP contribution in [0.1, 0.15) is 39.0 Å². The summed E-state index contributed by atoms with van der Waals surface area (Å²) in [6.07, 6.45) is 5.59. The average molecular weight is 284 g/mol. The summed E-state index contributed by atoms with van der Waals surface area (Å²) in [4.78, 5) is 0. The van der Waals surface area contributed by atoms with E-state index in [1.807, 2.05) is 0 Å². The number of hydrogen-bond acceptors (Lipinski definition) is 4. The van der Waals surface area contributed by atoms with E-state index in [1.165, 1.54) is 6.42 Å². The van der Waals surface area contributed by atoms with Crippen molar-refractivity contribution >= 4 is 22.5 Å². The summed E-state index contributed by atoms with van der Waals surface area (Å²) in [5.74, 6) is 0. The maximum absolute atomic E-state index is 12.0. The highest BCUT2D eigenvalue weighted by Crippen LogP contribution is 2.44. The van der Waals surface area contributed by atoms with Crippen molar-refractivity contribution in [2.45, 2.75) is 44.3 Å². The summed E-state index contributed by atoms with van der Waals surface area (Å²) < 4.78 is 29.1. The van der Waals surface area contributed by atoms with Crippen LogP contribution in [-0.2, 0) is 14.3 Å². The van der Waals surface area contributed by atoms with Gasteiger partial charge in [0.15, 0.2) is 0 Å². The highest BCUT2D eigenvalue weighted by Gasteiger charge is 2.50. The van der Waals surface area contributed by atoms with E-state index >= 15 is 0 Å². The Morgan fingerprint density at radius 3 is 2.53 bits per heavy atom. The molecule has 1 aliphatic carbocycles. The fourth-order valence-electron chi connectivity index (χ4n) is 3.19. The van der Waals surface area contributed by atoms with E-state index in [0.717, 1.165) is 32.2 Å². The van der Waals surface area contributed by atoms with Gasteiger partial charge in [0, 0.05) is 18.5 Å². The first kappa shape index (κ1) is 15.2. The van der Waals surface area contributed by atoms with Gasteiger partial charge in [-0.25, -0.2) is 0 Å². The quantitative estimate of drug-likeness (QED) is 0.801. The second kappa shape index (κ2) is 5.87. The first-order valence-electron chi connectivity index (χ1n) is 6.20. The molecule has 4 nitrogen and oxygen atoms in total. The van der Waals surface area contributed by atoms with Gasteiger partial charge < -0.3 is 5.32 Å². The number of rotatable bonds is 3. The molecule has 2 rings (SSSR count). The Morgan fingerprint density at radius 1 is 1.29 bits per heavy atom. The SMILES string of the molecule is CCOS(=O)(=O)C1CNCC12CCCCC2.Cl. The molecular weight excluding hydrogens is 262 g/mol. The summed E-state index contributed by atoms with van der Waals surface area (Å²) in [5.41, 5.74) is -0.0494. The molecule has 0 aromatic rings. The van der Waals surface area contributed by atoms with Gasteiger partial charge in [0.2, 0.25) is 0 Å².